The first kappa shape index (κ1) is 52.0. The molecule has 324 valence electrons. The summed E-state index contributed by atoms with van der Waals surface area (Å²) < 4.78 is 0. The summed E-state index contributed by atoms with van der Waals surface area (Å²) in [6, 6.07) is 10.7. The molecule has 0 radical (unpaired) electrons. The molecule has 5 nitrogen and oxygen atoms in total. The van der Waals surface area contributed by atoms with Crippen molar-refractivity contribution >= 4 is 0 Å². The summed E-state index contributed by atoms with van der Waals surface area (Å²) in [4.78, 5) is 12.8. The number of hydrogen-bond donors (Lipinski definition) is 0. The molecule has 5 rings (SSSR count). The molecule has 4 fully saturated rings. The lowest BCUT2D eigenvalue weighted by Gasteiger charge is -2.38. The Morgan fingerprint density at radius 1 is 0.382 bits per heavy atom. The number of hydrogen-bond acceptors (Lipinski definition) is 5. The van der Waals surface area contributed by atoms with Crippen molar-refractivity contribution in [3.63, 3.8) is 0 Å². The van der Waals surface area contributed by atoms with Crippen LogP contribution in [0.1, 0.15) is 200 Å². The maximum absolute atomic E-state index is 2.61. The van der Waals surface area contributed by atoms with E-state index in [2.05, 4.69) is 166 Å². The van der Waals surface area contributed by atoms with Crippen molar-refractivity contribution in [3.8, 4) is 0 Å². The van der Waals surface area contributed by atoms with Crippen molar-refractivity contribution in [1.29, 1.82) is 0 Å². The van der Waals surface area contributed by atoms with E-state index in [0.29, 0.717) is 22.2 Å². The Balaban J connectivity index is 0.000000346. The van der Waals surface area contributed by atoms with Crippen LogP contribution in [-0.2, 0) is 6.54 Å². The van der Waals surface area contributed by atoms with E-state index in [0.717, 1.165) is 13.1 Å². The molecule has 0 unspecified atom stereocenters. The van der Waals surface area contributed by atoms with Gasteiger partial charge in [0.05, 0.1) is 0 Å². The lowest BCUT2D eigenvalue weighted by atomic mass is 10.0. The Morgan fingerprint density at radius 3 is 0.818 bits per heavy atom. The van der Waals surface area contributed by atoms with Crippen molar-refractivity contribution in [2.75, 3.05) is 58.9 Å². The topological polar surface area (TPSA) is 16.2 Å². The van der Waals surface area contributed by atoms with Crippen LogP contribution in [0.15, 0.2) is 30.3 Å². The van der Waals surface area contributed by atoms with Gasteiger partial charge in [-0.1, -0.05) is 69.4 Å². The van der Waals surface area contributed by atoms with Gasteiger partial charge in [0, 0.05) is 34.2 Å². The molecule has 4 aliphatic rings. The predicted molar refractivity (Wildman–Crippen MR) is 248 cm³/mol. The fraction of sp³-hybridized carbons (Fsp3) is 0.880. The summed E-state index contributed by atoms with van der Waals surface area (Å²) in [5.41, 5.74) is 3.25. The first-order valence-electron chi connectivity index (χ1n) is 23.3. The molecule has 0 amide bonds. The zero-order chi connectivity index (χ0) is 41.8. The molecule has 0 aromatic heterocycles. The molecule has 4 saturated heterocycles. The highest BCUT2D eigenvalue weighted by Gasteiger charge is 2.25. The third kappa shape index (κ3) is 23.9. The lowest BCUT2D eigenvalue weighted by Crippen LogP contribution is -2.44. The number of piperidine rings is 3. The first-order valence-corrected chi connectivity index (χ1v) is 23.3. The minimum atomic E-state index is 0.255. The van der Waals surface area contributed by atoms with Gasteiger partial charge in [0.15, 0.2) is 0 Å². The highest BCUT2D eigenvalue weighted by molar-refractivity contribution is 5.14. The van der Waals surface area contributed by atoms with Gasteiger partial charge in [-0.2, -0.15) is 0 Å². The van der Waals surface area contributed by atoms with Crippen LogP contribution < -0.4 is 0 Å². The zero-order valence-corrected chi connectivity index (χ0v) is 40.4. The first-order chi connectivity index (χ1) is 25.5. The predicted octanol–water partition coefficient (Wildman–Crippen LogP) is 12.8. The van der Waals surface area contributed by atoms with Crippen LogP contribution in [0.3, 0.4) is 0 Å². The molecular weight excluding hydrogens is 671 g/mol. The highest BCUT2D eigenvalue weighted by Crippen LogP contribution is 2.22. The van der Waals surface area contributed by atoms with Crippen molar-refractivity contribution in [2.24, 2.45) is 0 Å². The van der Waals surface area contributed by atoms with Crippen LogP contribution in [0.2, 0.25) is 0 Å². The van der Waals surface area contributed by atoms with E-state index in [1.807, 2.05) is 0 Å². The molecule has 1 aromatic rings. The van der Waals surface area contributed by atoms with E-state index < -0.39 is 0 Å². The van der Waals surface area contributed by atoms with E-state index in [1.54, 1.807) is 0 Å². The van der Waals surface area contributed by atoms with Crippen LogP contribution >= 0.6 is 0 Å². The molecule has 0 spiro atoms. The maximum Gasteiger partial charge on any atom is 0.0238 e. The van der Waals surface area contributed by atoms with Crippen LogP contribution in [0.5, 0.6) is 0 Å². The fourth-order valence-electron chi connectivity index (χ4n) is 8.06. The third-order valence-electron chi connectivity index (χ3n) is 12.0. The molecule has 5 heteroatoms. The van der Waals surface area contributed by atoms with Crippen molar-refractivity contribution < 1.29 is 0 Å². The molecule has 4 aliphatic heterocycles. The van der Waals surface area contributed by atoms with Gasteiger partial charge < -0.3 is 0 Å². The second-order valence-corrected chi connectivity index (χ2v) is 21.9. The summed E-state index contributed by atoms with van der Waals surface area (Å²) in [5, 5.41) is 0. The Bertz CT molecular complexity index is 973. The van der Waals surface area contributed by atoms with Gasteiger partial charge in [0.2, 0.25) is 0 Å². The van der Waals surface area contributed by atoms with Gasteiger partial charge in [-0.3, -0.25) is 24.5 Å². The SMILES string of the molecule is CC(C)(C)N1CCCCC1.CC(C)(C)N1CCCCC1.CC(C)(C)N1CCCCC1.CC(C)(C)N1CCCCCC1.CCN(Cc1ccccc1)C(C)(C)C. The van der Waals surface area contributed by atoms with Crippen molar-refractivity contribution in [3.05, 3.63) is 35.9 Å². The van der Waals surface area contributed by atoms with Gasteiger partial charge in [0.25, 0.3) is 0 Å². The molecule has 0 saturated carbocycles. The molecule has 4 heterocycles. The van der Waals surface area contributed by atoms with Gasteiger partial charge in [-0.15, -0.1) is 0 Å². The molecule has 1 aromatic carbocycles. The Hall–Kier alpha value is -0.980. The van der Waals surface area contributed by atoms with E-state index >= 15 is 0 Å². The molecule has 0 aliphatic carbocycles. The molecule has 55 heavy (non-hydrogen) atoms. The summed E-state index contributed by atoms with van der Waals surface area (Å²) in [5.74, 6) is 0. The normalized spacial score (nSPS) is 20.3. The fourth-order valence-corrected chi connectivity index (χ4v) is 8.06. The van der Waals surface area contributed by atoms with Crippen LogP contribution in [0.25, 0.3) is 0 Å². The molecular formula is C50H99N5. The smallest absolute Gasteiger partial charge is 0.0238 e. The minimum Gasteiger partial charge on any atom is -0.298 e. The number of nitrogens with zero attached hydrogens (tertiary/aromatic N) is 5. The lowest BCUT2D eigenvalue weighted by molar-refractivity contribution is 0.110. The van der Waals surface area contributed by atoms with Crippen LogP contribution in [-0.4, -0.2) is 111 Å². The standard InChI is InChI=1S/C13H21N.C10H21N.3C9H19N/c1-5-14(13(2,3)4)11-12-9-7-6-8-10-12;1-10(2,3)11-8-6-4-5-7-9-11;3*1-9(2,3)10-7-5-4-6-8-10/h6-10H,5,11H2,1-4H3;4-9H2,1-3H3;3*4-8H2,1-3H3. The maximum atomic E-state index is 2.61. The average molecular weight is 770 g/mol. The number of likely N-dealkylation sites (tertiary alicyclic amines) is 4. The van der Waals surface area contributed by atoms with Gasteiger partial charge in [0.1, 0.15) is 0 Å². The number of benzene rings is 1. The van der Waals surface area contributed by atoms with Crippen LogP contribution in [0, 0.1) is 0 Å². The Kier molecular flexibility index (Phi) is 24.1. The van der Waals surface area contributed by atoms with Gasteiger partial charge in [-0.05, 0) is 220 Å². The Labute approximate surface area is 346 Å². The Morgan fingerprint density at radius 2 is 0.618 bits per heavy atom. The highest BCUT2D eigenvalue weighted by atomic mass is 15.2. The van der Waals surface area contributed by atoms with Gasteiger partial charge >= 0.3 is 0 Å². The van der Waals surface area contributed by atoms with Gasteiger partial charge in [-0.25, -0.2) is 0 Å². The quantitative estimate of drug-likeness (QED) is 0.303. The summed E-state index contributed by atoms with van der Waals surface area (Å²) in [6.07, 6.45) is 18.4. The van der Waals surface area contributed by atoms with E-state index in [9.17, 15) is 0 Å². The summed E-state index contributed by atoms with van der Waals surface area (Å²) in [7, 11) is 0. The van der Waals surface area contributed by atoms with E-state index in [1.165, 1.54) is 141 Å². The van der Waals surface area contributed by atoms with E-state index in [-0.39, 0.29) is 5.54 Å². The van der Waals surface area contributed by atoms with Crippen LogP contribution in [0.4, 0.5) is 0 Å². The third-order valence-corrected chi connectivity index (χ3v) is 12.0. The second kappa shape index (κ2) is 25.5. The molecule has 0 N–H and O–H groups in total. The zero-order valence-electron chi connectivity index (χ0n) is 40.4. The van der Waals surface area contributed by atoms with Crippen molar-refractivity contribution in [2.45, 2.75) is 228 Å². The van der Waals surface area contributed by atoms with Crippen molar-refractivity contribution in [1.82, 2.24) is 24.5 Å². The summed E-state index contributed by atoms with van der Waals surface area (Å²) >= 11 is 0. The monoisotopic (exact) mass is 770 g/mol. The number of rotatable bonds is 3. The van der Waals surface area contributed by atoms with E-state index in [4.69, 9.17) is 0 Å². The average Bonchev–Trinajstić information content (AvgIpc) is 3.43. The molecule has 0 atom stereocenters. The minimum absolute atomic E-state index is 0.255. The molecule has 0 bridgehead atoms. The largest absolute Gasteiger partial charge is 0.298 e. The second-order valence-electron chi connectivity index (χ2n) is 21.9. The summed E-state index contributed by atoms with van der Waals surface area (Å²) in [6.45, 7) is 49.3.